The van der Waals surface area contributed by atoms with Crippen molar-refractivity contribution >= 4 is 34.7 Å². The fourth-order valence-corrected chi connectivity index (χ4v) is 5.17. The second-order valence-electron chi connectivity index (χ2n) is 8.89. The maximum absolute atomic E-state index is 13.7. The van der Waals surface area contributed by atoms with Crippen LogP contribution < -0.4 is 15.5 Å². The summed E-state index contributed by atoms with van der Waals surface area (Å²) in [6.07, 6.45) is 7.28. The number of aromatic nitrogens is 1. The molecule has 35 heavy (non-hydrogen) atoms. The van der Waals surface area contributed by atoms with E-state index in [-0.39, 0.29) is 30.3 Å². The Hall–Kier alpha value is -3.52. The minimum absolute atomic E-state index is 0.0938. The van der Waals surface area contributed by atoms with Crippen LogP contribution >= 0.6 is 11.3 Å². The quantitative estimate of drug-likeness (QED) is 0.492. The average Bonchev–Trinajstić information content (AvgIpc) is 3.56. The summed E-state index contributed by atoms with van der Waals surface area (Å²) >= 11 is 1.31. The zero-order valence-corrected chi connectivity index (χ0v) is 20.8. The highest BCUT2D eigenvalue weighted by molar-refractivity contribution is 7.12. The van der Waals surface area contributed by atoms with E-state index in [1.54, 1.807) is 36.7 Å². The standard InChI is InChI=1S/C27H30N4O3S/c1-18-11-12-22(19(2)15-18)31(24(32)17-29-26(33)23-10-6-14-35-23)25(20-7-5-13-28-16-20)27(34)30-21-8-3-4-9-21/h5-7,10-16,21,25H,3-4,8-9,17H2,1-2H3,(H,29,33)(H,30,34)/t25-/m1/s1. The fraction of sp³-hybridized carbons (Fsp3) is 0.333. The predicted molar refractivity (Wildman–Crippen MR) is 137 cm³/mol. The van der Waals surface area contributed by atoms with E-state index in [2.05, 4.69) is 15.6 Å². The number of carbonyl (C=O) groups is 3. The Labute approximate surface area is 209 Å². The van der Waals surface area contributed by atoms with Gasteiger partial charge in [-0.3, -0.25) is 24.3 Å². The molecule has 0 spiro atoms. The summed E-state index contributed by atoms with van der Waals surface area (Å²) in [6, 6.07) is 12.0. The molecule has 7 nitrogen and oxygen atoms in total. The molecule has 1 aliphatic rings. The summed E-state index contributed by atoms with van der Waals surface area (Å²) in [5.41, 5.74) is 3.16. The first kappa shape index (κ1) is 24.6. The first-order valence-corrected chi connectivity index (χ1v) is 12.7. The number of anilines is 1. The Morgan fingerprint density at radius 3 is 2.57 bits per heavy atom. The fourth-order valence-electron chi connectivity index (χ4n) is 4.53. The summed E-state index contributed by atoms with van der Waals surface area (Å²) in [5, 5.41) is 7.68. The van der Waals surface area contributed by atoms with Gasteiger partial charge in [-0.25, -0.2) is 0 Å². The smallest absolute Gasteiger partial charge is 0.261 e. The first-order valence-electron chi connectivity index (χ1n) is 11.9. The number of rotatable bonds is 8. The van der Waals surface area contributed by atoms with Gasteiger partial charge in [-0.15, -0.1) is 11.3 Å². The summed E-state index contributed by atoms with van der Waals surface area (Å²) in [7, 11) is 0. The monoisotopic (exact) mass is 490 g/mol. The molecule has 1 atom stereocenters. The molecule has 0 aliphatic heterocycles. The van der Waals surface area contributed by atoms with E-state index in [9.17, 15) is 14.4 Å². The topological polar surface area (TPSA) is 91.4 Å². The van der Waals surface area contributed by atoms with Gasteiger partial charge in [0.1, 0.15) is 6.04 Å². The number of carbonyl (C=O) groups excluding carboxylic acids is 3. The molecule has 1 aromatic carbocycles. The van der Waals surface area contributed by atoms with E-state index in [1.165, 1.54) is 16.2 Å². The number of amides is 3. The number of benzene rings is 1. The van der Waals surface area contributed by atoms with Crippen molar-refractivity contribution in [2.75, 3.05) is 11.4 Å². The van der Waals surface area contributed by atoms with Crippen LogP contribution in [0.4, 0.5) is 5.69 Å². The highest BCUT2D eigenvalue weighted by atomic mass is 32.1. The van der Waals surface area contributed by atoms with Gasteiger partial charge in [-0.05, 0) is 55.8 Å². The minimum atomic E-state index is -0.920. The molecule has 8 heteroatoms. The number of nitrogens with zero attached hydrogens (tertiary/aromatic N) is 2. The molecule has 1 aliphatic carbocycles. The molecule has 182 valence electrons. The van der Waals surface area contributed by atoms with E-state index in [0.29, 0.717) is 16.1 Å². The second-order valence-corrected chi connectivity index (χ2v) is 9.84. The van der Waals surface area contributed by atoms with Crippen molar-refractivity contribution in [1.29, 1.82) is 0 Å². The number of pyridine rings is 1. The van der Waals surface area contributed by atoms with E-state index >= 15 is 0 Å². The highest BCUT2D eigenvalue weighted by Crippen LogP contribution is 2.31. The van der Waals surface area contributed by atoms with Gasteiger partial charge >= 0.3 is 0 Å². The molecule has 0 saturated heterocycles. The van der Waals surface area contributed by atoms with E-state index < -0.39 is 6.04 Å². The van der Waals surface area contributed by atoms with E-state index in [1.807, 2.05) is 37.4 Å². The number of nitrogens with one attached hydrogen (secondary N) is 2. The van der Waals surface area contributed by atoms with Crippen molar-refractivity contribution in [2.24, 2.45) is 0 Å². The van der Waals surface area contributed by atoms with Gasteiger partial charge in [0, 0.05) is 29.7 Å². The number of aryl methyl sites for hydroxylation is 2. The Morgan fingerprint density at radius 2 is 1.91 bits per heavy atom. The molecule has 3 aromatic rings. The average molecular weight is 491 g/mol. The van der Waals surface area contributed by atoms with Crippen LogP contribution in [0.25, 0.3) is 0 Å². The van der Waals surface area contributed by atoms with Crippen LogP contribution in [-0.4, -0.2) is 35.3 Å². The summed E-state index contributed by atoms with van der Waals surface area (Å²) in [4.78, 5) is 46.2. The lowest BCUT2D eigenvalue weighted by atomic mass is 10.0. The Morgan fingerprint density at radius 1 is 1.11 bits per heavy atom. The largest absolute Gasteiger partial charge is 0.351 e. The highest BCUT2D eigenvalue weighted by Gasteiger charge is 2.35. The van der Waals surface area contributed by atoms with Crippen LogP contribution in [0, 0.1) is 13.8 Å². The summed E-state index contributed by atoms with van der Waals surface area (Å²) in [6.45, 7) is 3.66. The maximum Gasteiger partial charge on any atom is 0.261 e. The van der Waals surface area contributed by atoms with Crippen molar-refractivity contribution in [3.05, 3.63) is 81.8 Å². The van der Waals surface area contributed by atoms with Gasteiger partial charge in [0.2, 0.25) is 11.8 Å². The molecule has 0 unspecified atom stereocenters. The lowest BCUT2D eigenvalue weighted by Gasteiger charge is -2.33. The van der Waals surface area contributed by atoms with Crippen molar-refractivity contribution in [3.8, 4) is 0 Å². The van der Waals surface area contributed by atoms with Gasteiger partial charge in [0.05, 0.1) is 11.4 Å². The normalized spacial score (nSPS) is 14.3. The Balaban J connectivity index is 1.69. The molecule has 2 aromatic heterocycles. The molecular weight excluding hydrogens is 460 g/mol. The van der Waals surface area contributed by atoms with Crippen molar-refractivity contribution in [1.82, 2.24) is 15.6 Å². The predicted octanol–water partition coefficient (Wildman–Crippen LogP) is 4.32. The first-order chi connectivity index (χ1) is 16.9. The summed E-state index contributed by atoms with van der Waals surface area (Å²) < 4.78 is 0. The molecule has 3 amide bonds. The van der Waals surface area contributed by atoms with Gasteiger partial charge in [-0.1, -0.05) is 42.7 Å². The molecule has 2 heterocycles. The zero-order valence-electron chi connectivity index (χ0n) is 20.0. The Kier molecular flexibility index (Phi) is 7.92. The molecular formula is C27H30N4O3S. The Bertz CT molecular complexity index is 1170. The zero-order chi connectivity index (χ0) is 24.8. The molecule has 0 radical (unpaired) electrons. The van der Waals surface area contributed by atoms with Crippen LogP contribution in [0.5, 0.6) is 0 Å². The van der Waals surface area contributed by atoms with Crippen LogP contribution in [-0.2, 0) is 9.59 Å². The van der Waals surface area contributed by atoms with Crippen LogP contribution in [0.1, 0.15) is 58.1 Å². The third-order valence-electron chi connectivity index (χ3n) is 6.23. The lowest BCUT2D eigenvalue weighted by molar-refractivity contribution is -0.126. The van der Waals surface area contributed by atoms with Crippen LogP contribution in [0.15, 0.2) is 60.2 Å². The SMILES string of the molecule is Cc1ccc(N(C(=O)CNC(=O)c2cccs2)[C@@H](C(=O)NC2CCCC2)c2cccnc2)c(C)c1. The van der Waals surface area contributed by atoms with Crippen molar-refractivity contribution in [2.45, 2.75) is 51.6 Å². The van der Waals surface area contributed by atoms with Crippen LogP contribution in [0.3, 0.4) is 0 Å². The van der Waals surface area contributed by atoms with Crippen molar-refractivity contribution in [3.63, 3.8) is 0 Å². The summed E-state index contributed by atoms with van der Waals surface area (Å²) in [5.74, 6) is -0.942. The maximum atomic E-state index is 13.7. The minimum Gasteiger partial charge on any atom is -0.351 e. The third kappa shape index (κ3) is 5.95. The van der Waals surface area contributed by atoms with Crippen LogP contribution in [0.2, 0.25) is 0 Å². The van der Waals surface area contributed by atoms with Gasteiger partial charge in [0.25, 0.3) is 5.91 Å². The molecule has 0 bridgehead atoms. The molecule has 1 saturated carbocycles. The molecule has 2 N–H and O–H groups in total. The number of thiophene rings is 1. The van der Waals surface area contributed by atoms with E-state index in [4.69, 9.17) is 0 Å². The van der Waals surface area contributed by atoms with Gasteiger partial charge in [-0.2, -0.15) is 0 Å². The lowest BCUT2D eigenvalue weighted by Crippen LogP contribution is -2.49. The third-order valence-corrected chi connectivity index (χ3v) is 7.10. The van der Waals surface area contributed by atoms with Gasteiger partial charge in [0.15, 0.2) is 0 Å². The van der Waals surface area contributed by atoms with Crippen molar-refractivity contribution < 1.29 is 14.4 Å². The molecule has 1 fully saturated rings. The van der Waals surface area contributed by atoms with Gasteiger partial charge < -0.3 is 10.6 Å². The second kappa shape index (κ2) is 11.3. The number of hydrogen-bond acceptors (Lipinski definition) is 5. The molecule has 4 rings (SSSR count). The number of hydrogen-bond donors (Lipinski definition) is 2. The van der Waals surface area contributed by atoms with E-state index in [0.717, 1.165) is 36.8 Å².